The van der Waals surface area contributed by atoms with Gasteiger partial charge in [-0.05, 0) is 212 Å². The summed E-state index contributed by atoms with van der Waals surface area (Å²) in [4.78, 5) is 60.4. The Morgan fingerprint density at radius 2 is 0.838 bits per heavy atom. The monoisotopic (exact) mass is 1850 g/mol. The first-order chi connectivity index (χ1) is 65.5. The van der Waals surface area contributed by atoms with E-state index in [-0.39, 0.29) is 24.8 Å². The molecule has 32 nitrogen and oxygen atoms in total. The Kier molecular flexibility index (Phi) is 25.8. The number of imidazole rings is 4. The van der Waals surface area contributed by atoms with Gasteiger partial charge in [-0.25, -0.2) is 33.1 Å². The number of amides is 1. The van der Waals surface area contributed by atoms with Crippen LogP contribution in [0.15, 0.2) is 246 Å². The second-order valence-electron chi connectivity index (χ2n) is 33.8. The third-order valence-corrected chi connectivity index (χ3v) is 24.1. The molecule has 3 unspecified atom stereocenters. The second-order valence-corrected chi connectivity index (χ2v) is 33.8. The highest BCUT2D eigenvalue weighted by Crippen LogP contribution is 2.46. The maximum absolute atomic E-state index is 14.2. The fraction of sp³-hybridized carbons (Fsp3) is 0.277. The van der Waals surface area contributed by atoms with Crippen LogP contribution in [0.25, 0.3) is 46.1 Å². The van der Waals surface area contributed by atoms with Crippen LogP contribution in [-0.4, -0.2) is 191 Å². The molecule has 5 atom stereocenters. The number of halogens is 3. The SMILES string of the molecule is COc1cc(/C=C2\OCCN3C2=NOC3(CO)c2cc(C)cc(F)c2)ccc1-n1cnc(C)c1.COc1cc(C2=CC3=NOC(C(N)=O)(c4cc(C)cc(F)c4)N3CCO2)ccc1-n1cnc(C)c1.COc1cc(C2=CC3=NOC(CO)(c4cc(C)cc(F)c4)N3CCO2)ccc1-n1cnc(C)c1.COc1cc(C2=CC3=NO[C@](C)(c4ccc(C)cc4)N3C[C@H](C)O2)ccc1-n1cnc(C)c1. The summed E-state index contributed by atoms with van der Waals surface area (Å²) in [5.41, 5.74) is 16.7. The molecule has 8 aliphatic heterocycles. The van der Waals surface area contributed by atoms with Crippen LogP contribution in [-0.2, 0) is 66.0 Å². The first-order valence-electron chi connectivity index (χ1n) is 43.8. The minimum atomic E-state index is -1.78. The zero-order valence-electron chi connectivity index (χ0n) is 77.4. The molecule has 702 valence electrons. The first-order valence-corrected chi connectivity index (χ1v) is 43.8. The van der Waals surface area contributed by atoms with Crippen molar-refractivity contribution in [3.05, 3.63) is 333 Å². The van der Waals surface area contributed by atoms with Crippen molar-refractivity contribution in [2.24, 2.45) is 26.4 Å². The van der Waals surface area contributed by atoms with Crippen molar-refractivity contribution in [3.63, 3.8) is 0 Å². The number of morpholine rings is 1. The van der Waals surface area contributed by atoms with E-state index in [2.05, 4.69) is 83.6 Å². The van der Waals surface area contributed by atoms with E-state index in [1.807, 2.05) is 168 Å². The Balaban J connectivity index is 0.000000126. The standard InChI is InChI=1S/C26H28N4O3.C25H24FN5O4.2C25H25FN4O4/c1-17-6-9-21(10-7-17)26(4)30-15-19(3)32-23(13-25(30)28-33-26)20-8-11-22(24(12-20)31-5)29-14-18(2)27-16-29;1-15-8-18(11-19(26)9-15)25(24(27)32)31-6-7-34-21(12-23(31)29-35-25)17-4-5-20(22(10-17)33-3)30-13-16(2)28-14-30;1-16-8-19(11-20(26)9-16)25(14-31)30-6-7-33-22(12-24(30)28-34-25)18-4-5-21(23(10-18)32-3)29-13-17(2)27-15-29;1-16-8-19(12-20(26)9-16)25(14-31)30-6-7-33-23(24(30)28-34-25)11-18-4-5-21(22(10-18)32-3)29-13-17(2)27-15-29/h6-14,16,19H,15H2,1-5H3;4-5,8-14H,6-7H2,1-3H3,(H2,27,32);2*4-5,8-13,15,31H,6-7,14H2,1-3H3/b;;;23-11-/t19-,26+;;;/m0.../s1. The number of methoxy groups -OCH3 is 4. The number of fused-ring (bicyclic) bond motifs is 4. The minimum absolute atomic E-state index is 0.0719. The number of nitrogens with two attached hydrogens (primary N) is 1. The molecule has 0 spiro atoms. The van der Waals surface area contributed by atoms with Gasteiger partial charge in [-0.2, -0.15) is 0 Å². The molecule has 4 N–H and O–H groups in total. The summed E-state index contributed by atoms with van der Waals surface area (Å²) in [5.74, 6) is 4.90. The van der Waals surface area contributed by atoms with Crippen molar-refractivity contribution in [3.8, 4) is 45.7 Å². The van der Waals surface area contributed by atoms with Gasteiger partial charge in [-0.3, -0.25) is 9.69 Å². The van der Waals surface area contributed by atoms with Crippen LogP contribution in [0.1, 0.15) is 103 Å². The lowest BCUT2D eigenvalue weighted by Gasteiger charge is -2.38. The van der Waals surface area contributed by atoms with Crippen LogP contribution in [0.2, 0.25) is 0 Å². The molecule has 4 aromatic heterocycles. The van der Waals surface area contributed by atoms with Crippen molar-refractivity contribution in [2.75, 3.05) is 87.7 Å². The number of aryl methyl sites for hydroxylation is 8. The van der Waals surface area contributed by atoms with E-state index in [1.54, 1.807) is 115 Å². The van der Waals surface area contributed by atoms with Crippen LogP contribution in [0.3, 0.4) is 0 Å². The van der Waals surface area contributed by atoms with Crippen molar-refractivity contribution in [1.82, 2.24) is 57.8 Å². The average molecular weight is 1850 g/mol. The predicted molar refractivity (Wildman–Crippen MR) is 501 cm³/mol. The Morgan fingerprint density at radius 1 is 0.441 bits per heavy atom. The molecule has 0 saturated carbocycles. The summed E-state index contributed by atoms with van der Waals surface area (Å²) in [5, 5.41) is 37.7. The Morgan fingerprint density at radius 3 is 1.30 bits per heavy atom. The van der Waals surface area contributed by atoms with Gasteiger partial charge in [0.2, 0.25) is 11.6 Å². The molecule has 1 saturated heterocycles. The lowest BCUT2D eigenvalue weighted by Crippen LogP contribution is -2.55. The number of ether oxygens (including phenoxy) is 8. The maximum atomic E-state index is 14.2. The van der Waals surface area contributed by atoms with Crippen molar-refractivity contribution < 1.29 is 85.4 Å². The predicted octanol–water partition coefficient (Wildman–Crippen LogP) is 14.8. The van der Waals surface area contributed by atoms with Gasteiger partial charge in [0.15, 0.2) is 23.3 Å². The molecule has 0 aliphatic carbocycles. The Bertz CT molecular complexity index is 6720. The summed E-state index contributed by atoms with van der Waals surface area (Å²) in [6.07, 6.45) is 21.8. The minimum Gasteiger partial charge on any atom is -0.495 e. The van der Waals surface area contributed by atoms with E-state index in [9.17, 15) is 28.2 Å². The Hall–Kier alpha value is -15.8. The number of aliphatic hydroxyl groups is 2. The molecule has 1 fully saturated rings. The van der Waals surface area contributed by atoms with Gasteiger partial charge in [0.25, 0.3) is 17.4 Å². The third-order valence-electron chi connectivity index (χ3n) is 24.1. The van der Waals surface area contributed by atoms with Gasteiger partial charge in [-0.1, -0.05) is 56.5 Å². The van der Waals surface area contributed by atoms with Crippen molar-refractivity contribution >= 4 is 52.6 Å². The summed E-state index contributed by atoms with van der Waals surface area (Å²) >= 11 is 0. The molecule has 8 aromatic carbocycles. The van der Waals surface area contributed by atoms with Crippen LogP contribution in [0.4, 0.5) is 13.2 Å². The number of benzene rings is 8. The molecule has 136 heavy (non-hydrogen) atoms. The largest absolute Gasteiger partial charge is 0.495 e. The topological polar surface area (TPSA) is 328 Å². The van der Waals surface area contributed by atoms with Crippen LogP contribution < -0.4 is 24.7 Å². The lowest BCUT2D eigenvalue weighted by atomic mass is 9.97. The van der Waals surface area contributed by atoms with Gasteiger partial charge < -0.3 is 106 Å². The fourth-order valence-electron chi connectivity index (χ4n) is 17.4. The zero-order valence-corrected chi connectivity index (χ0v) is 77.4. The maximum Gasteiger partial charge on any atom is 0.315 e. The summed E-state index contributed by atoms with van der Waals surface area (Å²) in [6.45, 7) is 21.0. The molecular weight excluding hydrogens is 1750 g/mol. The molecular formula is C101H102F3N17O15. The van der Waals surface area contributed by atoms with Gasteiger partial charge in [0.1, 0.15) is 96.9 Å². The summed E-state index contributed by atoms with van der Waals surface area (Å²) < 4.78 is 97.0. The second kappa shape index (κ2) is 38.1. The van der Waals surface area contributed by atoms with Crippen molar-refractivity contribution in [2.45, 2.75) is 98.2 Å². The van der Waals surface area contributed by atoms with Crippen LogP contribution in [0.5, 0.6) is 23.0 Å². The number of carbonyl (C=O) groups is 1. The molecule has 0 radical (unpaired) electrons. The van der Waals surface area contributed by atoms with Gasteiger partial charge >= 0.3 is 5.72 Å². The molecule has 35 heteroatoms. The number of carbonyl (C=O) groups excluding carboxylic acids is 1. The van der Waals surface area contributed by atoms with E-state index >= 15 is 0 Å². The van der Waals surface area contributed by atoms with Crippen LogP contribution >= 0.6 is 0 Å². The molecule has 20 rings (SSSR count). The summed E-state index contributed by atoms with van der Waals surface area (Å²) in [6, 6.07) is 45.0. The number of rotatable bonds is 19. The summed E-state index contributed by atoms with van der Waals surface area (Å²) in [7, 11) is 6.49. The fourth-order valence-corrected chi connectivity index (χ4v) is 17.4. The van der Waals surface area contributed by atoms with E-state index in [0.717, 1.165) is 102 Å². The zero-order chi connectivity index (χ0) is 95.6. The molecule has 12 aromatic rings. The normalized spacial score (nSPS) is 20.3. The number of primary amides is 1. The molecule has 1 amide bonds. The van der Waals surface area contributed by atoms with E-state index in [0.29, 0.717) is 102 Å². The first kappa shape index (κ1) is 92.1. The van der Waals surface area contributed by atoms with E-state index in [4.69, 9.17) is 63.0 Å². The average Bonchev–Trinajstić information content (AvgIpc) is 1.60. The number of amidine groups is 4. The highest BCUT2D eigenvalue weighted by atomic mass is 19.1. The van der Waals surface area contributed by atoms with Gasteiger partial charge in [0.05, 0.1) is 125 Å². The highest BCUT2D eigenvalue weighted by Gasteiger charge is 2.55. The van der Waals surface area contributed by atoms with Gasteiger partial charge in [0, 0.05) is 88.9 Å². The number of aliphatic hydroxyl groups excluding tert-OH is 2. The number of hydrogen-bond donors (Lipinski definition) is 3. The number of oxime groups is 4. The molecule has 8 aliphatic rings. The highest BCUT2D eigenvalue weighted by molar-refractivity contribution is 6.04. The molecule has 0 bridgehead atoms. The number of nitrogens with zero attached hydrogens (tertiary/aromatic N) is 16. The van der Waals surface area contributed by atoms with E-state index < -0.39 is 59.5 Å². The number of aromatic nitrogens is 8. The quantitative estimate of drug-likeness (QED) is 0.0677. The number of hydrogen-bond acceptors (Lipinski definition) is 27. The van der Waals surface area contributed by atoms with Gasteiger partial charge in [-0.15, -0.1) is 0 Å². The van der Waals surface area contributed by atoms with Crippen LogP contribution in [0, 0.1) is 72.8 Å². The molecule has 12 heterocycles. The van der Waals surface area contributed by atoms with E-state index in [1.165, 1.54) is 42.0 Å². The smallest absolute Gasteiger partial charge is 0.315 e. The lowest BCUT2D eigenvalue weighted by molar-refractivity contribution is -0.160. The third kappa shape index (κ3) is 18.0. The van der Waals surface area contributed by atoms with Crippen molar-refractivity contribution in [1.29, 1.82) is 0 Å². The Labute approximate surface area is 782 Å².